The van der Waals surface area contributed by atoms with Crippen molar-refractivity contribution in [2.24, 2.45) is 0 Å². The lowest BCUT2D eigenvalue weighted by molar-refractivity contribution is -0.00492. The molecule has 7 nitrogen and oxygen atoms in total. The van der Waals surface area contributed by atoms with Crippen molar-refractivity contribution >= 4 is 15.8 Å². The number of morpholine rings is 1. The largest absolute Gasteiger partial charge is 0.382 e. The van der Waals surface area contributed by atoms with Crippen LogP contribution in [0.2, 0.25) is 0 Å². The van der Waals surface area contributed by atoms with Crippen molar-refractivity contribution in [1.29, 1.82) is 0 Å². The molecule has 3 rings (SSSR count). The highest BCUT2D eigenvalue weighted by molar-refractivity contribution is 7.89. The maximum atomic E-state index is 12.7. The minimum atomic E-state index is -3.25. The van der Waals surface area contributed by atoms with Gasteiger partial charge in [-0.3, -0.25) is 4.98 Å². The number of anilines is 1. The van der Waals surface area contributed by atoms with Gasteiger partial charge in [0.25, 0.3) is 0 Å². The highest BCUT2D eigenvalue weighted by Crippen LogP contribution is 2.31. The Kier molecular flexibility index (Phi) is 4.10. The number of hydrogen-bond acceptors (Lipinski definition) is 6. The Morgan fingerprint density at radius 1 is 1.24 bits per heavy atom. The average Bonchev–Trinajstić information content (AvgIpc) is 3.03. The first kappa shape index (κ1) is 14.7. The van der Waals surface area contributed by atoms with Gasteiger partial charge in [-0.2, -0.15) is 4.31 Å². The third kappa shape index (κ3) is 2.88. The van der Waals surface area contributed by atoms with E-state index in [2.05, 4.69) is 9.97 Å². The smallest absolute Gasteiger partial charge is 0.217 e. The molecule has 1 aromatic heterocycles. The fourth-order valence-electron chi connectivity index (χ4n) is 3.03. The number of hydrogen-bond donors (Lipinski definition) is 1. The van der Waals surface area contributed by atoms with Crippen LogP contribution in [0.25, 0.3) is 0 Å². The van der Waals surface area contributed by atoms with E-state index in [0.717, 1.165) is 25.7 Å². The van der Waals surface area contributed by atoms with Gasteiger partial charge in [0.15, 0.2) is 0 Å². The number of nitrogens with zero attached hydrogens (tertiary/aromatic N) is 3. The van der Waals surface area contributed by atoms with Crippen LogP contribution in [-0.4, -0.2) is 47.6 Å². The molecule has 21 heavy (non-hydrogen) atoms. The Bertz CT molecular complexity index is 601. The van der Waals surface area contributed by atoms with Gasteiger partial charge < -0.3 is 10.5 Å². The molecule has 0 unspecified atom stereocenters. The summed E-state index contributed by atoms with van der Waals surface area (Å²) in [7, 11) is -3.25. The zero-order valence-corrected chi connectivity index (χ0v) is 12.6. The van der Waals surface area contributed by atoms with Crippen LogP contribution in [0, 0.1) is 0 Å². The Labute approximate surface area is 124 Å². The van der Waals surface area contributed by atoms with Gasteiger partial charge in [-0.05, 0) is 12.8 Å². The number of sulfonamides is 1. The van der Waals surface area contributed by atoms with E-state index in [1.165, 1.54) is 10.5 Å². The van der Waals surface area contributed by atoms with Gasteiger partial charge in [-0.1, -0.05) is 12.8 Å². The second-order valence-corrected chi connectivity index (χ2v) is 7.71. The van der Waals surface area contributed by atoms with E-state index in [-0.39, 0.29) is 11.8 Å². The summed E-state index contributed by atoms with van der Waals surface area (Å²) in [5, 5.41) is -0.240. The fraction of sp³-hybridized carbons (Fsp3) is 0.692. The molecular weight excluding hydrogens is 292 g/mol. The van der Waals surface area contributed by atoms with Crippen LogP contribution in [0.4, 0.5) is 5.82 Å². The molecule has 2 N–H and O–H groups in total. The minimum Gasteiger partial charge on any atom is -0.382 e. The van der Waals surface area contributed by atoms with Crippen LogP contribution in [0.3, 0.4) is 0 Å². The lowest BCUT2D eigenvalue weighted by Gasteiger charge is -2.33. The first-order valence-electron chi connectivity index (χ1n) is 7.26. The Morgan fingerprint density at radius 2 is 1.95 bits per heavy atom. The lowest BCUT2D eigenvalue weighted by atomic mass is 10.2. The first-order chi connectivity index (χ1) is 10.1. The van der Waals surface area contributed by atoms with Gasteiger partial charge in [-0.15, -0.1) is 0 Å². The quantitative estimate of drug-likeness (QED) is 0.882. The molecule has 2 fully saturated rings. The van der Waals surface area contributed by atoms with Gasteiger partial charge in [-0.25, -0.2) is 13.4 Å². The molecular formula is C13H20N4O3S. The lowest BCUT2D eigenvalue weighted by Crippen LogP contribution is -2.46. The summed E-state index contributed by atoms with van der Waals surface area (Å²) in [5.74, 6) is 0.294. The Morgan fingerprint density at radius 3 is 2.67 bits per heavy atom. The fourth-order valence-corrected chi connectivity index (χ4v) is 5.05. The molecule has 116 valence electrons. The topological polar surface area (TPSA) is 98.4 Å². The van der Waals surface area contributed by atoms with E-state index in [9.17, 15) is 8.42 Å². The van der Waals surface area contributed by atoms with E-state index in [1.54, 1.807) is 6.20 Å². The molecule has 1 saturated heterocycles. The highest BCUT2D eigenvalue weighted by Gasteiger charge is 2.38. The summed E-state index contributed by atoms with van der Waals surface area (Å²) in [6.07, 6.45) is 6.12. The monoisotopic (exact) mass is 312 g/mol. The van der Waals surface area contributed by atoms with Crippen LogP contribution < -0.4 is 5.73 Å². The Balaban J connectivity index is 1.78. The molecule has 1 aliphatic heterocycles. The van der Waals surface area contributed by atoms with E-state index in [0.29, 0.717) is 24.7 Å². The first-order valence-corrected chi connectivity index (χ1v) is 8.76. The molecule has 1 saturated carbocycles. The summed E-state index contributed by atoms with van der Waals surface area (Å²) in [5.41, 5.74) is 6.32. The average molecular weight is 312 g/mol. The maximum absolute atomic E-state index is 12.7. The molecule has 0 aromatic carbocycles. The van der Waals surface area contributed by atoms with Crippen LogP contribution in [0.15, 0.2) is 12.4 Å². The van der Waals surface area contributed by atoms with Gasteiger partial charge in [0.05, 0.1) is 11.9 Å². The summed E-state index contributed by atoms with van der Waals surface area (Å²) in [4.78, 5) is 8.17. The molecule has 2 aliphatic rings. The molecule has 1 aromatic rings. The number of nitrogens with two attached hydrogens (primary N) is 1. The van der Waals surface area contributed by atoms with Gasteiger partial charge in [0, 0.05) is 25.5 Å². The summed E-state index contributed by atoms with van der Waals surface area (Å²) >= 11 is 0. The van der Waals surface area contributed by atoms with Gasteiger partial charge in [0.2, 0.25) is 10.0 Å². The van der Waals surface area contributed by atoms with Crippen LogP contribution >= 0.6 is 0 Å². The number of aromatic nitrogens is 2. The maximum Gasteiger partial charge on any atom is 0.217 e. The van der Waals surface area contributed by atoms with Crippen molar-refractivity contribution < 1.29 is 13.2 Å². The third-order valence-electron chi connectivity index (χ3n) is 4.17. The normalized spacial score (nSPS) is 25.2. The SMILES string of the molecule is Nc1nccnc1[C@@H]1CN(S(=O)(=O)C2CCCC2)CCO1. The summed E-state index contributed by atoms with van der Waals surface area (Å²) in [6.45, 7) is 1.02. The van der Waals surface area contributed by atoms with Crippen molar-refractivity contribution in [2.45, 2.75) is 37.0 Å². The van der Waals surface area contributed by atoms with E-state index >= 15 is 0 Å². The second kappa shape index (κ2) is 5.86. The predicted molar refractivity (Wildman–Crippen MR) is 77.9 cm³/mol. The number of rotatable bonds is 3. The molecule has 0 spiro atoms. The third-order valence-corrected chi connectivity index (χ3v) is 6.54. The van der Waals surface area contributed by atoms with Crippen molar-refractivity contribution in [3.8, 4) is 0 Å². The van der Waals surface area contributed by atoms with Crippen LogP contribution in [-0.2, 0) is 14.8 Å². The van der Waals surface area contributed by atoms with Crippen molar-refractivity contribution in [2.75, 3.05) is 25.4 Å². The van der Waals surface area contributed by atoms with Crippen LogP contribution in [0.1, 0.15) is 37.5 Å². The summed E-state index contributed by atoms with van der Waals surface area (Å²) < 4.78 is 32.5. The molecule has 2 heterocycles. The number of nitrogen functional groups attached to an aromatic ring is 1. The molecule has 1 aliphatic carbocycles. The van der Waals surface area contributed by atoms with Gasteiger partial charge >= 0.3 is 0 Å². The molecule has 0 bridgehead atoms. The van der Waals surface area contributed by atoms with E-state index < -0.39 is 16.1 Å². The zero-order valence-electron chi connectivity index (χ0n) is 11.8. The van der Waals surface area contributed by atoms with Crippen LogP contribution in [0.5, 0.6) is 0 Å². The second-order valence-electron chi connectivity index (χ2n) is 5.50. The minimum absolute atomic E-state index is 0.240. The Hall–Kier alpha value is -1.25. The molecule has 0 radical (unpaired) electrons. The number of ether oxygens (including phenoxy) is 1. The molecule has 1 atom stereocenters. The summed E-state index contributed by atoms with van der Waals surface area (Å²) in [6, 6.07) is 0. The predicted octanol–water partition coefficient (Wildman–Crippen LogP) is 0.704. The zero-order chi connectivity index (χ0) is 14.9. The van der Waals surface area contributed by atoms with E-state index in [1.807, 2.05) is 0 Å². The van der Waals surface area contributed by atoms with Crippen molar-refractivity contribution in [3.63, 3.8) is 0 Å². The van der Waals surface area contributed by atoms with Gasteiger partial charge in [0.1, 0.15) is 17.6 Å². The standard InChI is InChI=1S/C13H20N4O3S/c14-13-12(15-5-6-16-13)11-9-17(7-8-20-11)21(18,19)10-3-1-2-4-10/h5-6,10-11H,1-4,7-9H2,(H2,14,16)/t11-/m0/s1. The molecule has 8 heteroatoms. The highest BCUT2D eigenvalue weighted by atomic mass is 32.2. The van der Waals surface area contributed by atoms with Crippen molar-refractivity contribution in [1.82, 2.24) is 14.3 Å². The molecule has 0 amide bonds. The van der Waals surface area contributed by atoms with E-state index in [4.69, 9.17) is 10.5 Å². The van der Waals surface area contributed by atoms with Crippen molar-refractivity contribution in [3.05, 3.63) is 18.1 Å².